The highest BCUT2D eigenvalue weighted by Gasteiger charge is 2.17. The highest BCUT2D eigenvalue weighted by Crippen LogP contribution is 2.39. The van der Waals surface area contributed by atoms with Gasteiger partial charge in [0.15, 0.2) is 11.5 Å². The van der Waals surface area contributed by atoms with Crippen LogP contribution in [0.1, 0.15) is 10.4 Å². The molecule has 0 aliphatic rings. The van der Waals surface area contributed by atoms with Crippen molar-refractivity contribution in [2.75, 3.05) is 19.5 Å². The molecule has 0 spiro atoms. The number of methoxy groups -OCH3 is 2. The molecule has 3 rings (SSSR count). The molecule has 0 bridgehead atoms. The fourth-order valence-corrected chi connectivity index (χ4v) is 2.74. The molecule has 134 valence electrons. The fourth-order valence-electron chi connectivity index (χ4n) is 2.74. The number of ether oxygens (including phenoxy) is 2. The first-order valence-corrected chi connectivity index (χ1v) is 7.91. The quantitative estimate of drug-likeness (QED) is 0.685. The summed E-state index contributed by atoms with van der Waals surface area (Å²) < 4.78 is 10.9. The number of para-hydroxylation sites is 2. The van der Waals surface area contributed by atoms with E-state index < -0.39 is 0 Å². The van der Waals surface area contributed by atoms with Crippen molar-refractivity contribution in [1.29, 1.82) is 0 Å². The fraction of sp³-hybridized carbons (Fsp3) is 0.0952. The van der Waals surface area contributed by atoms with E-state index in [9.17, 15) is 4.79 Å². The molecular formula is C21H20ClNO3. The minimum atomic E-state index is -0.174. The summed E-state index contributed by atoms with van der Waals surface area (Å²) in [6.45, 7) is 0. The van der Waals surface area contributed by atoms with E-state index in [1.165, 1.54) is 0 Å². The van der Waals surface area contributed by atoms with Crippen LogP contribution in [0.25, 0.3) is 11.1 Å². The van der Waals surface area contributed by atoms with Crippen LogP contribution < -0.4 is 14.8 Å². The van der Waals surface area contributed by atoms with E-state index in [0.717, 1.165) is 16.8 Å². The Morgan fingerprint density at radius 2 is 1.42 bits per heavy atom. The molecule has 1 amide bonds. The van der Waals surface area contributed by atoms with Crippen molar-refractivity contribution in [3.05, 3.63) is 78.4 Å². The van der Waals surface area contributed by atoms with Gasteiger partial charge in [0.1, 0.15) is 0 Å². The Kier molecular flexibility index (Phi) is 6.64. The second kappa shape index (κ2) is 8.92. The van der Waals surface area contributed by atoms with Crippen molar-refractivity contribution >= 4 is 24.0 Å². The van der Waals surface area contributed by atoms with Crippen LogP contribution in [0.3, 0.4) is 0 Å². The normalized spacial score (nSPS) is 9.77. The molecule has 0 aliphatic heterocycles. The zero-order chi connectivity index (χ0) is 17.6. The molecule has 0 aromatic heterocycles. The molecule has 0 unspecified atom stereocenters. The zero-order valence-electron chi connectivity index (χ0n) is 14.6. The molecule has 0 saturated carbocycles. The van der Waals surface area contributed by atoms with Gasteiger partial charge in [-0.15, -0.1) is 12.4 Å². The van der Waals surface area contributed by atoms with E-state index in [2.05, 4.69) is 5.32 Å². The Labute approximate surface area is 159 Å². The smallest absolute Gasteiger partial charge is 0.256 e. The zero-order valence-corrected chi connectivity index (χ0v) is 15.4. The van der Waals surface area contributed by atoms with Gasteiger partial charge in [-0.2, -0.15) is 0 Å². The number of nitrogens with one attached hydrogen (secondary N) is 1. The molecule has 0 fully saturated rings. The van der Waals surface area contributed by atoms with Gasteiger partial charge in [0.2, 0.25) is 0 Å². The molecule has 26 heavy (non-hydrogen) atoms. The minimum Gasteiger partial charge on any atom is -0.493 e. The molecule has 0 saturated heterocycles. The largest absolute Gasteiger partial charge is 0.493 e. The summed E-state index contributed by atoms with van der Waals surface area (Å²) in [5, 5.41) is 2.92. The molecule has 0 aliphatic carbocycles. The average Bonchev–Trinajstić information content (AvgIpc) is 2.68. The third kappa shape index (κ3) is 3.98. The first kappa shape index (κ1) is 19.3. The van der Waals surface area contributed by atoms with Crippen molar-refractivity contribution in [2.45, 2.75) is 0 Å². The van der Waals surface area contributed by atoms with Crippen molar-refractivity contribution in [3.8, 4) is 22.6 Å². The molecule has 5 heteroatoms. The van der Waals surface area contributed by atoms with E-state index in [1.807, 2.05) is 66.7 Å². The van der Waals surface area contributed by atoms with Gasteiger partial charge in [-0.1, -0.05) is 48.5 Å². The Morgan fingerprint density at radius 3 is 2.12 bits per heavy atom. The van der Waals surface area contributed by atoms with Crippen LogP contribution in [0, 0.1) is 0 Å². The summed E-state index contributed by atoms with van der Waals surface area (Å²) in [6, 6.07) is 22.4. The first-order chi connectivity index (χ1) is 12.2. The molecule has 3 aromatic carbocycles. The maximum atomic E-state index is 12.8. The summed E-state index contributed by atoms with van der Waals surface area (Å²) in [6.07, 6.45) is 0. The number of hydrogen-bond acceptors (Lipinski definition) is 3. The topological polar surface area (TPSA) is 47.6 Å². The minimum absolute atomic E-state index is 0. The number of rotatable bonds is 5. The number of hydrogen-bond donors (Lipinski definition) is 1. The maximum Gasteiger partial charge on any atom is 0.256 e. The summed E-state index contributed by atoms with van der Waals surface area (Å²) in [7, 11) is 3.18. The summed E-state index contributed by atoms with van der Waals surface area (Å²) in [5.74, 6) is 1.05. The van der Waals surface area contributed by atoms with Crippen LogP contribution in [0.15, 0.2) is 72.8 Å². The van der Waals surface area contributed by atoms with Crippen LogP contribution in [-0.4, -0.2) is 20.1 Å². The standard InChI is InChI=1S/C21H19NO3.ClH/c1-24-19-14-8-13-17(20(19)25-2)16-11-6-7-12-18(16)21(23)22-15-9-4-3-5-10-15;/h3-14H,1-2H3,(H,22,23);1H. The third-order valence-corrected chi connectivity index (χ3v) is 3.90. The maximum absolute atomic E-state index is 12.8. The number of anilines is 1. The number of carbonyl (C=O) groups is 1. The molecule has 1 N–H and O–H groups in total. The van der Waals surface area contributed by atoms with Gasteiger partial charge in [-0.25, -0.2) is 0 Å². The third-order valence-electron chi connectivity index (χ3n) is 3.90. The predicted octanol–water partition coefficient (Wildman–Crippen LogP) is 5.04. The highest BCUT2D eigenvalue weighted by atomic mass is 35.5. The van der Waals surface area contributed by atoms with Crippen LogP contribution in [-0.2, 0) is 0 Å². The molecule has 3 aromatic rings. The lowest BCUT2D eigenvalue weighted by atomic mass is 9.98. The monoisotopic (exact) mass is 369 g/mol. The van der Waals surface area contributed by atoms with Crippen LogP contribution in [0.2, 0.25) is 0 Å². The Balaban J connectivity index is 0.00000243. The Morgan fingerprint density at radius 1 is 0.769 bits per heavy atom. The van der Waals surface area contributed by atoms with Crippen LogP contribution in [0.5, 0.6) is 11.5 Å². The number of amides is 1. The molecule has 0 radical (unpaired) electrons. The summed E-state index contributed by atoms with van der Waals surface area (Å²) >= 11 is 0. The van der Waals surface area contributed by atoms with Crippen molar-refractivity contribution < 1.29 is 14.3 Å². The van der Waals surface area contributed by atoms with Gasteiger partial charge in [0, 0.05) is 16.8 Å². The SMILES string of the molecule is COc1cccc(-c2ccccc2C(=O)Nc2ccccc2)c1OC.Cl. The van der Waals surface area contributed by atoms with E-state index in [1.54, 1.807) is 20.3 Å². The van der Waals surface area contributed by atoms with Crippen molar-refractivity contribution in [2.24, 2.45) is 0 Å². The van der Waals surface area contributed by atoms with Gasteiger partial charge in [0.25, 0.3) is 5.91 Å². The van der Waals surface area contributed by atoms with E-state index >= 15 is 0 Å². The molecule has 0 heterocycles. The molecule has 0 atom stereocenters. The van der Waals surface area contributed by atoms with E-state index in [0.29, 0.717) is 17.1 Å². The van der Waals surface area contributed by atoms with Crippen LogP contribution >= 0.6 is 12.4 Å². The summed E-state index contributed by atoms with van der Waals surface area (Å²) in [5.41, 5.74) is 2.91. The van der Waals surface area contributed by atoms with E-state index in [-0.39, 0.29) is 18.3 Å². The Bertz CT molecular complexity index is 881. The molecular weight excluding hydrogens is 350 g/mol. The number of carbonyl (C=O) groups excluding carboxylic acids is 1. The number of benzene rings is 3. The average molecular weight is 370 g/mol. The predicted molar refractivity (Wildman–Crippen MR) is 107 cm³/mol. The Hall–Kier alpha value is -2.98. The van der Waals surface area contributed by atoms with Gasteiger partial charge >= 0.3 is 0 Å². The van der Waals surface area contributed by atoms with Gasteiger partial charge in [-0.05, 0) is 29.8 Å². The van der Waals surface area contributed by atoms with Crippen LogP contribution in [0.4, 0.5) is 5.69 Å². The van der Waals surface area contributed by atoms with E-state index in [4.69, 9.17) is 9.47 Å². The van der Waals surface area contributed by atoms with Crippen molar-refractivity contribution in [3.63, 3.8) is 0 Å². The van der Waals surface area contributed by atoms with Gasteiger partial charge in [0.05, 0.1) is 14.2 Å². The van der Waals surface area contributed by atoms with Gasteiger partial charge in [-0.3, -0.25) is 4.79 Å². The second-order valence-electron chi connectivity index (χ2n) is 5.41. The lowest BCUT2D eigenvalue weighted by Crippen LogP contribution is -2.13. The summed E-state index contributed by atoms with van der Waals surface area (Å²) in [4.78, 5) is 12.8. The second-order valence-corrected chi connectivity index (χ2v) is 5.41. The molecule has 4 nitrogen and oxygen atoms in total. The first-order valence-electron chi connectivity index (χ1n) is 7.91. The number of halogens is 1. The lowest BCUT2D eigenvalue weighted by Gasteiger charge is -2.15. The van der Waals surface area contributed by atoms with Crippen molar-refractivity contribution in [1.82, 2.24) is 0 Å². The highest BCUT2D eigenvalue weighted by molar-refractivity contribution is 6.09. The lowest BCUT2D eigenvalue weighted by molar-refractivity contribution is 0.102. The van der Waals surface area contributed by atoms with Gasteiger partial charge < -0.3 is 14.8 Å².